The predicted octanol–water partition coefficient (Wildman–Crippen LogP) is 2.49. The monoisotopic (exact) mass is 225 g/mol. The van der Waals surface area contributed by atoms with E-state index in [1.807, 2.05) is 12.1 Å². The standard InChI is InChI=1S/C12H15NO.ClH/c1-14-12-5-3-2-4-11(12)10-6-8-13-9-7-10;/h2-6,13H,7-9H2,1H3;1H. The summed E-state index contributed by atoms with van der Waals surface area (Å²) >= 11 is 0. The number of benzene rings is 1. The highest BCUT2D eigenvalue weighted by Crippen LogP contribution is 2.28. The summed E-state index contributed by atoms with van der Waals surface area (Å²) in [5.74, 6) is 0.973. The minimum atomic E-state index is 0. The van der Waals surface area contributed by atoms with Gasteiger partial charge in [0.25, 0.3) is 0 Å². The van der Waals surface area contributed by atoms with Crippen LogP contribution in [0, 0.1) is 0 Å². The number of ether oxygens (including phenoxy) is 1. The van der Waals surface area contributed by atoms with E-state index in [0.717, 1.165) is 25.3 Å². The molecule has 3 heteroatoms. The Balaban J connectivity index is 0.00000112. The van der Waals surface area contributed by atoms with Gasteiger partial charge >= 0.3 is 0 Å². The van der Waals surface area contributed by atoms with Gasteiger partial charge in [-0.25, -0.2) is 0 Å². The summed E-state index contributed by atoms with van der Waals surface area (Å²) in [6, 6.07) is 8.19. The van der Waals surface area contributed by atoms with E-state index in [9.17, 15) is 0 Å². The van der Waals surface area contributed by atoms with Crippen molar-refractivity contribution in [1.82, 2.24) is 5.32 Å². The average molecular weight is 226 g/mol. The molecule has 0 fully saturated rings. The molecule has 0 bridgehead atoms. The average Bonchev–Trinajstić information content (AvgIpc) is 2.30. The molecule has 1 aliphatic rings. The van der Waals surface area contributed by atoms with Crippen LogP contribution in [0.2, 0.25) is 0 Å². The molecule has 2 rings (SSSR count). The first-order chi connectivity index (χ1) is 6.92. The van der Waals surface area contributed by atoms with Crippen LogP contribution in [0.3, 0.4) is 0 Å². The summed E-state index contributed by atoms with van der Waals surface area (Å²) in [5, 5.41) is 3.30. The molecule has 0 unspecified atom stereocenters. The van der Waals surface area contributed by atoms with E-state index in [1.54, 1.807) is 7.11 Å². The fourth-order valence-corrected chi connectivity index (χ4v) is 1.78. The molecular formula is C12H16ClNO. The van der Waals surface area contributed by atoms with Crippen LogP contribution in [-0.4, -0.2) is 20.2 Å². The van der Waals surface area contributed by atoms with E-state index < -0.39 is 0 Å². The van der Waals surface area contributed by atoms with Gasteiger partial charge < -0.3 is 10.1 Å². The van der Waals surface area contributed by atoms with E-state index in [4.69, 9.17) is 4.74 Å². The lowest BCUT2D eigenvalue weighted by molar-refractivity contribution is 0.413. The topological polar surface area (TPSA) is 21.3 Å². The molecule has 0 radical (unpaired) electrons. The second-order valence-electron chi connectivity index (χ2n) is 3.38. The van der Waals surface area contributed by atoms with E-state index >= 15 is 0 Å². The van der Waals surface area contributed by atoms with Crippen molar-refractivity contribution in [2.45, 2.75) is 6.42 Å². The Morgan fingerprint density at radius 2 is 2.07 bits per heavy atom. The maximum atomic E-state index is 5.34. The Kier molecular flexibility index (Phi) is 4.66. The summed E-state index contributed by atoms with van der Waals surface area (Å²) in [5.41, 5.74) is 2.62. The number of rotatable bonds is 2. The van der Waals surface area contributed by atoms with E-state index in [0.29, 0.717) is 0 Å². The van der Waals surface area contributed by atoms with Crippen LogP contribution >= 0.6 is 12.4 Å². The Morgan fingerprint density at radius 1 is 1.27 bits per heavy atom. The molecule has 2 nitrogen and oxygen atoms in total. The van der Waals surface area contributed by atoms with Crippen molar-refractivity contribution in [3.05, 3.63) is 35.9 Å². The Hall–Kier alpha value is -0.990. The summed E-state index contributed by atoms with van der Waals surface area (Å²) in [6.07, 6.45) is 3.32. The molecule has 0 saturated heterocycles. The first-order valence-corrected chi connectivity index (χ1v) is 4.95. The lowest BCUT2D eigenvalue weighted by Gasteiger charge is -2.16. The number of halogens is 1. The molecule has 0 atom stereocenters. The third kappa shape index (κ3) is 2.74. The second-order valence-corrected chi connectivity index (χ2v) is 3.38. The molecule has 1 N–H and O–H groups in total. The molecule has 82 valence electrons. The first kappa shape index (κ1) is 12.1. The molecule has 15 heavy (non-hydrogen) atoms. The molecule has 1 aromatic rings. The normalized spacial score (nSPS) is 15.1. The fourth-order valence-electron chi connectivity index (χ4n) is 1.78. The third-order valence-electron chi connectivity index (χ3n) is 2.52. The fraction of sp³-hybridized carbons (Fsp3) is 0.333. The maximum absolute atomic E-state index is 5.34. The molecular weight excluding hydrogens is 210 g/mol. The van der Waals surface area contributed by atoms with Gasteiger partial charge in [0.1, 0.15) is 5.75 Å². The highest BCUT2D eigenvalue weighted by molar-refractivity contribution is 5.85. The van der Waals surface area contributed by atoms with Crippen LogP contribution in [0.25, 0.3) is 5.57 Å². The highest BCUT2D eigenvalue weighted by atomic mass is 35.5. The van der Waals surface area contributed by atoms with Gasteiger partial charge in [-0.1, -0.05) is 24.3 Å². The lowest BCUT2D eigenvalue weighted by atomic mass is 9.99. The Labute approximate surface area is 96.7 Å². The zero-order valence-electron chi connectivity index (χ0n) is 8.82. The second kappa shape index (κ2) is 5.79. The van der Waals surface area contributed by atoms with E-state index in [2.05, 4.69) is 23.5 Å². The Morgan fingerprint density at radius 3 is 2.73 bits per heavy atom. The van der Waals surface area contributed by atoms with Crippen LogP contribution in [0.5, 0.6) is 5.75 Å². The Bertz CT molecular complexity index is 349. The minimum Gasteiger partial charge on any atom is -0.496 e. The van der Waals surface area contributed by atoms with Crippen molar-refractivity contribution in [1.29, 1.82) is 0 Å². The van der Waals surface area contributed by atoms with Crippen LogP contribution in [0.1, 0.15) is 12.0 Å². The molecule has 0 amide bonds. The van der Waals surface area contributed by atoms with Crippen LogP contribution < -0.4 is 10.1 Å². The van der Waals surface area contributed by atoms with Crippen molar-refractivity contribution in [2.75, 3.05) is 20.2 Å². The minimum absolute atomic E-state index is 0. The zero-order chi connectivity index (χ0) is 9.80. The van der Waals surface area contributed by atoms with Crippen molar-refractivity contribution >= 4 is 18.0 Å². The van der Waals surface area contributed by atoms with Crippen molar-refractivity contribution in [3.8, 4) is 5.75 Å². The van der Waals surface area contributed by atoms with Crippen molar-refractivity contribution in [2.24, 2.45) is 0 Å². The summed E-state index contributed by atoms with van der Waals surface area (Å²) in [7, 11) is 1.72. The van der Waals surface area contributed by atoms with Crippen LogP contribution in [-0.2, 0) is 0 Å². The SMILES string of the molecule is COc1ccccc1C1=CCNCC1.Cl. The quantitative estimate of drug-likeness (QED) is 0.835. The van der Waals surface area contributed by atoms with Gasteiger partial charge in [-0.3, -0.25) is 0 Å². The molecule has 1 aliphatic heterocycles. The molecule has 0 aromatic heterocycles. The zero-order valence-corrected chi connectivity index (χ0v) is 9.64. The summed E-state index contributed by atoms with van der Waals surface area (Å²) < 4.78 is 5.34. The predicted molar refractivity (Wildman–Crippen MR) is 65.7 cm³/mol. The maximum Gasteiger partial charge on any atom is 0.126 e. The summed E-state index contributed by atoms with van der Waals surface area (Å²) in [6.45, 7) is 2.03. The van der Waals surface area contributed by atoms with Gasteiger partial charge in [-0.05, 0) is 24.6 Å². The van der Waals surface area contributed by atoms with E-state index in [1.165, 1.54) is 11.1 Å². The highest BCUT2D eigenvalue weighted by Gasteiger charge is 2.09. The number of methoxy groups -OCH3 is 1. The van der Waals surface area contributed by atoms with Gasteiger partial charge in [-0.15, -0.1) is 12.4 Å². The number of hydrogen-bond donors (Lipinski definition) is 1. The lowest BCUT2D eigenvalue weighted by Crippen LogP contribution is -2.20. The smallest absolute Gasteiger partial charge is 0.126 e. The first-order valence-electron chi connectivity index (χ1n) is 4.95. The van der Waals surface area contributed by atoms with Gasteiger partial charge in [0.15, 0.2) is 0 Å². The molecule has 0 spiro atoms. The molecule has 0 saturated carbocycles. The van der Waals surface area contributed by atoms with Gasteiger partial charge in [0, 0.05) is 12.1 Å². The number of nitrogens with one attached hydrogen (secondary N) is 1. The molecule has 1 heterocycles. The van der Waals surface area contributed by atoms with Gasteiger partial charge in [0.05, 0.1) is 7.11 Å². The molecule has 1 aromatic carbocycles. The van der Waals surface area contributed by atoms with Crippen molar-refractivity contribution in [3.63, 3.8) is 0 Å². The number of hydrogen-bond acceptors (Lipinski definition) is 2. The van der Waals surface area contributed by atoms with Crippen molar-refractivity contribution < 1.29 is 4.74 Å². The van der Waals surface area contributed by atoms with Crippen LogP contribution in [0.4, 0.5) is 0 Å². The van der Waals surface area contributed by atoms with Crippen LogP contribution in [0.15, 0.2) is 30.3 Å². The number of para-hydroxylation sites is 1. The largest absolute Gasteiger partial charge is 0.496 e. The summed E-state index contributed by atoms with van der Waals surface area (Å²) in [4.78, 5) is 0. The molecule has 0 aliphatic carbocycles. The third-order valence-corrected chi connectivity index (χ3v) is 2.52. The van der Waals surface area contributed by atoms with E-state index in [-0.39, 0.29) is 12.4 Å². The van der Waals surface area contributed by atoms with Gasteiger partial charge in [0.2, 0.25) is 0 Å². The van der Waals surface area contributed by atoms with Gasteiger partial charge in [-0.2, -0.15) is 0 Å².